The minimum atomic E-state index is -0.875. The van der Waals surface area contributed by atoms with Crippen LogP contribution in [-0.4, -0.2) is 34.0 Å². The van der Waals surface area contributed by atoms with Crippen molar-refractivity contribution in [2.45, 2.75) is 41.2 Å². The molecular weight excluding hydrogens is 260 g/mol. The van der Waals surface area contributed by atoms with Crippen LogP contribution < -0.4 is 0 Å². The monoisotopic (exact) mass is 284 g/mol. The number of nitrogens with zero attached hydrogens (tertiary/aromatic N) is 2. The number of hydrogen-bond donors (Lipinski definition) is 1. The molecule has 0 saturated carbocycles. The summed E-state index contributed by atoms with van der Waals surface area (Å²) >= 11 is 1.30. The smallest absolute Gasteiger partial charge is 0.347 e. The van der Waals surface area contributed by atoms with Gasteiger partial charge in [0.15, 0.2) is 0 Å². The van der Waals surface area contributed by atoms with Crippen molar-refractivity contribution in [2.24, 2.45) is 11.8 Å². The molecule has 0 fully saturated rings. The summed E-state index contributed by atoms with van der Waals surface area (Å²) in [6.45, 7) is 13.3. The minimum Gasteiger partial charge on any atom is -0.477 e. The van der Waals surface area contributed by atoms with Crippen molar-refractivity contribution in [1.82, 2.24) is 9.88 Å². The number of aromatic carboxylic acids is 1. The molecule has 0 spiro atoms. The Morgan fingerprint density at radius 3 is 2.16 bits per heavy atom. The van der Waals surface area contributed by atoms with Crippen LogP contribution in [0.2, 0.25) is 0 Å². The molecule has 0 radical (unpaired) electrons. The van der Waals surface area contributed by atoms with Gasteiger partial charge in [-0.3, -0.25) is 4.90 Å². The maximum absolute atomic E-state index is 11.0. The number of rotatable bonds is 7. The van der Waals surface area contributed by atoms with Crippen molar-refractivity contribution >= 4 is 17.3 Å². The predicted octanol–water partition coefficient (Wildman–Crippen LogP) is 3.26. The topological polar surface area (TPSA) is 53.4 Å². The zero-order valence-electron chi connectivity index (χ0n) is 12.4. The van der Waals surface area contributed by atoms with E-state index in [4.69, 9.17) is 5.11 Å². The van der Waals surface area contributed by atoms with Crippen LogP contribution in [0.3, 0.4) is 0 Å². The quantitative estimate of drug-likeness (QED) is 0.835. The predicted molar refractivity (Wildman–Crippen MR) is 78.8 cm³/mol. The van der Waals surface area contributed by atoms with E-state index in [1.54, 1.807) is 6.92 Å². The molecule has 1 heterocycles. The van der Waals surface area contributed by atoms with Crippen molar-refractivity contribution in [3.63, 3.8) is 0 Å². The first-order valence-corrected chi connectivity index (χ1v) is 7.53. The van der Waals surface area contributed by atoms with Crippen molar-refractivity contribution in [3.8, 4) is 0 Å². The number of aromatic nitrogens is 1. The third-order valence-corrected chi connectivity index (χ3v) is 3.77. The second kappa shape index (κ2) is 7.01. The SMILES string of the molecule is Cc1nc(CN(CC(C)C)CC(C)C)sc1C(=O)O. The summed E-state index contributed by atoms with van der Waals surface area (Å²) in [6, 6.07) is 0. The molecule has 5 heteroatoms. The first-order valence-electron chi connectivity index (χ1n) is 6.71. The Hall–Kier alpha value is -0.940. The maximum Gasteiger partial charge on any atom is 0.347 e. The molecule has 0 aliphatic heterocycles. The largest absolute Gasteiger partial charge is 0.477 e. The third-order valence-electron chi connectivity index (χ3n) is 2.64. The van der Waals surface area contributed by atoms with Crippen LogP contribution in [-0.2, 0) is 6.54 Å². The van der Waals surface area contributed by atoms with Gasteiger partial charge in [0.2, 0.25) is 0 Å². The second-order valence-electron chi connectivity index (χ2n) is 5.81. The van der Waals surface area contributed by atoms with Crippen molar-refractivity contribution in [1.29, 1.82) is 0 Å². The molecular formula is C14H24N2O2S. The number of thiazole rings is 1. The van der Waals surface area contributed by atoms with Crippen LogP contribution >= 0.6 is 11.3 Å². The molecule has 0 amide bonds. The van der Waals surface area contributed by atoms with Gasteiger partial charge in [-0.2, -0.15) is 0 Å². The van der Waals surface area contributed by atoms with Gasteiger partial charge in [0.25, 0.3) is 0 Å². The lowest BCUT2D eigenvalue weighted by Gasteiger charge is -2.25. The Balaban J connectivity index is 2.77. The highest BCUT2D eigenvalue weighted by atomic mass is 32.1. The van der Waals surface area contributed by atoms with E-state index in [-0.39, 0.29) is 0 Å². The fraction of sp³-hybridized carbons (Fsp3) is 0.714. The molecule has 0 bridgehead atoms. The summed E-state index contributed by atoms with van der Waals surface area (Å²) < 4.78 is 0. The summed E-state index contributed by atoms with van der Waals surface area (Å²) in [5.41, 5.74) is 0.626. The van der Waals surface area contributed by atoms with Gasteiger partial charge in [-0.15, -0.1) is 11.3 Å². The van der Waals surface area contributed by atoms with Gasteiger partial charge in [-0.05, 0) is 18.8 Å². The van der Waals surface area contributed by atoms with E-state index < -0.39 is 5.97 Å². The van der Waals surface area contributed by atoms with Gasteiger partial charge < -0.3 is 5.11 Å². The third kappa shape index (κ3) is 5.28. The molecule has 0 aliphatic carbocycles. The Labute approximate surface area is 119 Å². The number of carbonyl (C=O) groups is 1. The molecule has 1 aromatic heterocycles. The lowest BCUT2D eigenvalue weighted by molar-refractivity contribution is 0.0701. The molecule has 0 unspecified atom stereocenters. The van der Waals surface area contributed by atoms with Crippen LogP contribution in [0.4, 0.5) is 0 Å². The average molecular weight is 284 g/mol. The highest BCUT2D eigenvalue weighted by molar-refractivity contribution is 7.13. The highest BCUT2D eigenvalue weighted by Gasteiger charge is 2.17. The number of carboxylic acids is 1. The summed E-state index contributed by atoms with van der Waals surface area (Å²) in [7, 11) is 0. The zero-order chi connectivity index (χ0) is 14.6. The normalized spacial score (nSPS) is 11.8. The average Bonchev–Trinajstić information content (AvgIpc) is 2.57. The van der Waals surface area contributed by atoms with E-state index in [0.29, 0.717) is 22.4 Å². The first kappa shape index (κ1) is 16.1. The van der Waals surface area contributed by atoms with Crippen molar-refractivity contribution in [2.75, 3.05) is 13.1 Å². The summed E-state index contributed by atoms with van der Waals surface area (Å²) in [4.78, 5) is 18.1. The molecule has 108 valence electrons. The second-order valence-corrected chi connectivity index (χ2v) is 6.89. The van der Waals surface area contributed by atoms with Crippen molar-refractivity contribution < 1.29 is 9.90 Å². The molecule has 0 aliphatic rings. The van der Waals surface area contributed by atoms with E-state index >= 15 is 0 Å². The van der Waals surface area contributed by atoms with Crippen LogP contribution in [0.15, 0.2) is 0 Å². The lowest BCUT2D eigenvalue weighted by atomic mass is 10.1. The van der Waals surface area contributed by atoms with Gasteiger partial charge in [0.1, 0.15) is 9.88 Å². The van der Waals surface area contributed by atoms with Crippen molar-refractivity contribution in [3.05, 3.63) is 15.6 Å². The van der Waals surface area contributed by atoms with Crippen LogP contribution in [0.1, 0.15) is 48.1 Å². The van der Waals surface area contributed by atoms with E-state index in [9.17, 15) is 4.79 Å². The number of hydrogen-bond acceptors (Lipinski definition) is 4. The van der Waals surface area contributed by atoms with E-state index in [1.165, 1.54) is 11.3 Å². The van der Waals surface area contributed by atoms with Crippen LogP contribution in [0.25, 0.3) is 0 Å². The maximum atomic E-state index is 11.0. The van der Waals surface area contributed by atoms with Gasteiger partial charge in [0, 0.05) is 13.1 Å². The van der Waals surface area contributed by atoms with E-state index in [0.717, 1.165) is 24.6 Å². The fourth-order valence-electron chi connectivity index (χ4n) is 2.15. The van der Waals surface area contributed by atoms with Gasteiger partial charge in [-0.25, -0.2) is 9.78 Å². The zero-order valence-corrected chi connectivity index (χ0v) is 13.3. The lowest BCUT2D eigenvalue weighted by Crippen LogP contribution is -2.30. The molecule has 0 aromatic carbocycles. The Morgan fingerprint density at radius 2 is 1.79 bits per heavy atom. The molecule has 4 nitrogen and oxygen atoms in total. The summed E-state index contributed by atoms with van der Waals surface area (Å²) in [5, 5.41) is 9.96. The molecule has 0 atom stereocenters. The Kier molecular flexibility index (Phi) is 5.94. The van der Waals surface area contributed by atoms with Crippen LogP contribution in [0, 0.1) is 18.8 Å². The fourth-order valence-corrected chi connectivity index (χ4v) is 3.09. The summed E-state index contributed by atoms with van der Waals surface area (Å²) in [5.74, 6) is 0.318. The highest BCUT2D eigenvalue weighted by Crippen LogP contribution is 2.20. The molecule has 1 N–H and O–H groups in total. The standard InChI is InChI=1S/C14H24N2O2S/c1-9(2)6-16(7-10(3)4)8-12-15-11(5)13(19-12)14(17)18/h9-10H,6-8H2,1-5H3,(H,17,18). The van der Waals surface area contributed by atoms with E-state index in [1.807, 2.05) is 0 Å². The minimum absolute atomic E-state index is 0.365. The van der Waals surface area contributed by atoms with E-state index in [2.05, 4.69) is 37.6 Å². The number of aryl methyl sites for hydroxylation is 1. The summed E-state index contributed by atoms with van der Waals surface area (Å²) in [6.07, 6.45) is 0. The first-order chi connectivity index (χ1) is 8.79. The molecule has 19 heavy (non-hydrogen) atoms. The molecule has 1 aromatic rings. The Bertz CT molecular complexity index is 417. The van der Waals surface area contributed by atoms with Crippen LogP contribution in [0.5, 0.6) is 0 Å². The van der Waals surface area contributed by atoms with Gasteiger partial charge >= 0.3 is 5.97 Å². The van der Waals surface area contributed by atoms with Gasteiger partial charge in [0.05, 0.1) is 12.2 Å². The molecule has 0 saturated heterocycles. The van der Waals surface area contributed by atoms with Gasteiger partial charge in [-0.1, -0.05) is 27.7 Å². The Morgan fingerprint density at radius 1 is 1.26 bits per heavy atom. The molecule has 1 rings (SSSR count). The number of carboxylic acid groups (broad SMARTS) is 1.